The van der Waals surface area contributed by atoms with Gasteiger partial charge in [0.15, 0.2) is 18.2 Å². The number of nitrogens with one attached hydrogen (secondary N) is 3. The highest BCUT2D eigenvalue weighted by atomic mass is 35.5. The van der Waals surface area contributed by atoms with Crippen molar-refractivity contribution in [2.75, 3.05) is 56.7 Å². The van der Waals surface area contributed by atoms with E-state index in [0.29, 0.717) is 36.5 Å². The molecule has 11 nitrogen and oxygen atoms in total. The van der Waals surface area contributed by atoms with Crippen LogP contribution in [0.1, 0.15) is 19.9 Å². The van der Waals surface area contributed by atoms with Gasteiger partial charge in [0.25, 0.3) is 11.5 Å². The Morgan fingerprint density at radius 3 is 2.84 bits per heavy atom. The van der Waals surface area contributed by atoms with Gasteiger partial charge < -0.3 is 34.9 Å². The van der Waals surface area contributed by atoms with Gasteiger partial charge in [0.05, 0.1) is 24.9 Å². The summed E-state index contributed by atoms with van der Waals surface area (Å²) in [5.74, 6) is 0.850. The monoisotopic (exact) mass is 527 g/mol. The highest BCUT2D eigenvalue weighted by molar-refractivity contribution is 6.32. The van der Waals surface area contributed by atoms with E-state index >= 15 is 0 Å². The maximum absolute atomic E-state index is 13.0. The van der Waals surface area contributed by atoms with Crippen LogP contribution in [0.2, 0.25) is 5.02 Å². The fourth-order valence-corrected chi connectivity index (χ4v) is 4.74. The van der Waals surface area contributed by atoms with Crippen LogP contribution >= 0.6 is 11.6 Å². The molecule has 0 atom stereocenters. The van der Waals surface area contributed by atoms with Gasteiger partial charge in [0.1, 0.15) is 10.6 Å². The van der Waals surface area contributed by atoms with Crippen molar-refractivity contribution < 1.29 is 14.3 Å². The van der Waals surface area contributed by atoms with Gasteiger partial charge in [-0.3, -0.25) is 9.59 Å². The number of hydrogen-bond acceptors (Lipinski definition) is 9. The van der Waals surface area contributed by atoms with Crippen LogP contribution in [0.3, 0.4) is 0 Å². The largest absolute Gasteiger partial charge is 0.478 e. The Bertz CT molecular complexity index is 1390. The van der Waals surface area contributed by atoms with Crippen LogP contribution < -0.4 is 31.1 Å². The Morgan fingerprint density at radius 2 is 2.14 bits per heavy atom. The van der Waals surface area contributed by atoms with Gasteiger partial charge in [-0.05, 0) is 38.1 Å². The lowest BCUT2D eigenvalue weighted by Crippen LogP contribution is -2.69. The summed E-state index contributed by atoms with van der Waals surface area (Å²) in [5, 5.41) is 10.2. The maximum Gasteiger partial charge on any atom is 0.293 e. The lowest BCUT2D eigenvalue weighted by molar-refractivity contribution is -0.122. The number of carbonyl (C=O) groups excluding carboxylic acids is 1. The molecule has 37 heavy (non-hydrogen) atoms. The number of likely N-dealkylation sites (N-methyl/N-ethyl adjacent to an activating group) is 1. The Labute approximate surface area is 219 Å². The van der Waals surface area contributed by atoms with Gasteiger partial charge in [-0.1, -0.05) is 11.6 Å². The first-order valence-electron chi connectivity index (χ1n) is 12.2. The number of benzene rings is 1. The maximum atomic E-state index is 13.0. The molecule has 2 aromatic heterocycles. The first-order valence-corrected chi connectivity index (χ1v) is 12.6. The Hall–Kier alpha value is -3.41. The lowest BCUT2D eigenvalue weighted by Gasteiger charge is -2.48. The van der Waals surface area contributed by atoms with E-state index in [9.17, 15) is 9.59 Å². The number of ether oxygens (including phenoxy) is 2. The number of aromatic nitrogens is 3. The molecule has 0 unspecified atom stereocenters. The van der Waals surface area contributed by atoms with E-state index in [4.69, 9.17) is 26.1 Å². The van der Waals surface area contributed by atoms with Crippen LogP contribution in [0.25, 0.3) is 10.9 Å². The molecule has 0 bridgehead atoms. The molecule has 12 heteroatoms. The highest BCUT2D eigenvalue weighted by Gasteiger charge is 2.42. The third-order valence-electron chi connectivity index (χ3n) is 6.58. The quantitative estimate of drug-likeness (QED) is 0.423. The molecule has 3 aromatic rings. The molecule has 0 saturated carbocycles. The number of pyridine rings is 1. The first-order chi connectivity index (χ1) is 17.8. The van der Waals surface area contributed by atoms with Gasteiger partial charge in [0.2, 0.25) is 5.95 Å². The van der Waals surface area contributed by atoms with E-state index in [1.165, 1.54) is 7.05 Å². The summed E-state index contributed by atoms with van der Waals surface area (Å²) in [6, 6.07) is 7.17. The van der Waals surface area contributed by atoms with Crippen molar-refractivity contribution in [1.29, 1.82) is 0 Å². The normalized spacial score (nSPS) is 16.6. The predicted octanol–water partition coefficient (Wildman–Crippen LogP) is 2.07. The molecule has 1 amide bonds. The van der Waals surface area contributed by atoms with Crippen LogP contribution in [0.15, 0.2) is 35.3 Å². The van der Waals surface area contributed by atoms with Crippen LogP contribution in [0.4, 0.5) is 17.5 Å². The molecular formula is C25H30ClN7O4. The molecule has 3 N–H and O–H groups in total. The fourth-order valence-electron chi connectivity index (χ4n) is 4.60. The van der Waals surface area contributed by atoms with Crippen LogP contribution in [-0.4, -0.2) is 72.5 Å². The molecule has 196 valence electrons. The van der Waals surface area contributed by atoms with E-state index in [-0.39, 0.29) is 35.5 Å². The topological polar surface area (TPSA) is 123 Å². The standard InChI is InChI=1S/C25H30ClN7O4/c1-15(2)33-19-5-4-17(8-16(19)9-20(23(33)35)36-11-21(34)27-3)30-22-18(26)10-29-24(31-22)32-6-7-37-25(14-32)12-28-13-25/h4-5,8-10,15,28H,6-7,11-14H2,1-3H3,(H,27,34)(H,29,30,31). The summed E-state index contributed by atoms with van der Waals surface area (Å²) in [6.07, 6.45) is 1.59. The van der Waals surface area contributed by atoms with Crippen molar-refractivity contribution in [3.8, 4) is 5.75 Å². The SMILES string of the molecule is CNC(=O)COc1cc2cc(Nc3nc(N4CCOC5(CNC5)C4)ncc3Cl)ccc2n(C(C)C)c1=O. The minimum absolute atomic E-state index is 0.107. The van der Waals surface area contributed by atoms with E-state index < -0.39 is 0 Å². The summed E-state index contributed by atoms with van der Waals surface area (Å²) >= 11 is 6.45. The second kappa shape index (κ2) is 10.2. The molecule has 0 radical (unpaired) electrons. The van der Waals surface area contributed by atoms with Crippen molar-refractivity contribution in [2.24, 2.45) is 0 Å². The summed E-state index contributed by atoms with van der Waals surface area (Å²) < 4.78 is 13.2. The molecule has 2 aliphatic rings. The van der Waals surface area contributed by atoms with Crippen molar-refractivity contribution in [3.63, 3.8) is 0 Å². The number of hydrogen-bond donors (Lipinski definition) is 3. The molecular weight excluding hydrogens is 498 g/mol. The fraction of sp³-hybridized carbons (Fsp3) is 0.440. The Morgan fingerprint density at radius 1 is 1.32 bits per heavy atom. The summed E-state index contributed by atoms with van der Waals surface area (Å²) in [6.45, 7) is 7.26. The molecule has 2 aliphatic heterocycles. The zero-order valence-electron chi connectivity index (χ0n) is 21.0. The van der Waals surface area contributed by atoms with E-state index in [1.807, 2.05) is 32.0 Å². The Kier molecular flexibility index (Phi) is 6.93. The number of anilines is 3. The van der Waals surface area contributed by atoms with Gasteiger partial charge in [0, 0.05) is 43.8 Å². The van der Waals surface area contributed by atoms with Crippen LogP contribution in [-0.2, 0) is 9.53 Å². The summed E-state index contributed by atoms with van der Waals surface area (Å²) in [7, 11) is 1.52. The minimum atomic E-state index is -0.319. The first kappa shape index (κ1) is 25.2. The van der Waals surface area contributed by atoms with Crippen LogP contribution in [0.5, 0.6) is 5.75 Å². The number of fused-ring (bicyclic) bond motifs is 1. The average Bonchev–Trinajstić information content (AvgIpc) is 2.87. The van der Waals surface area contributed by atoms with Gasteiger partial charge in [-0.2, -0.15) is 4.98 Å². The second-order valence-corrected chi connectivity index (χ2v) is 9.97. The zero-order valence-corrected chi connectivity index (χ0v) is 21.8. The van der Waals surface area contributed by atoms with E-state index in [0.717, 1.165) is 29.7 Å². The van der Waals surface area contributed by atoms with Crippen LogP contribution in [0, 0.1) is 0 Å². The highest BCUT2D eigenvalue weighted by Crippen LogP contribution is 2.30. The van der Waals surface area contributed by atoms with E-state index in [1.54, 1.807) is 16.8 Å². The smallest absolute Gasteiger partial charge is 0.293 e. The molecule has 0 aliphatic carbocycles. The summed E-state index contributed by atoms with van der Waals surface area (Å²) in [5.41, 5.74) is 1.00. The molecule has 5 rings (SSSR count). The van der Waals surface area contributed by atoms with Gasteiger partial charge in [-0.15, -0.1) is 0 Å². The van der Waals surface area contributed by atoms with E-state index in [2.05, 4.69) is 25.8 Å². The molecule has 4 heterocycles. The third kappa shape index (κ3) is 5.07. The molecule has 2 saturated heterocycles. The number of halogens is 1. The van der Waals surface area contributed by atoms with Gasteiger partial charge >= 0.3 is 0 Å². The lowest BCUT2D eigenvalue weighted by atomic mass is 9.95. The number of nitrogens with zero attached hydrogens (tertiary/aromatic N) is 4. The summed E-state index contributed by atoms with van der Waals surface area (Å²) in [4.78, 5) is 36.0. The zero-order chi connectivity index (χ0) is 26.2. The van der Waals surface area contributed by atoms with Crippen molar-refractivity contribution in [1.82, 2.24) is 25.2 Å². The minimum Gasteiger partial charge on any atom is -0.478 e. The molecule has 2 fully saturated rings. The number of rotatable bonds is 7. The molecule has 1 spiro atoms. The third-order valence-corrected chi connectivity index (χ3v) is 6.85. The molecule has 1 aromatic carbocycles. The second-order valence-electron chi connectivity index (χ2n) is 9.56. The number of carbonyl (C=O) groups is 1. The van der Waals surface area contributed by atoms with Gasteiger partial charge in [-0.25, -0.2) is 4.98 Å². The average molecular weight is 528 g/mol. The predicted molar refractivity (Wildman–Crippen MR) is 142 cm³/mol. The van der Waals surface area contributed by atoms with Crippen molar-refractivity contribution in [2.45, 2.75) is 25.5 Å². The number of morpholine rings is 1. The number of amides is 1. The van der Waals surface area contributed by atoms with Crippen molar-refractivity contribution >= 4 is 45.9 Å². The Balaban J connectivity index is 1.44. The van der Waals surface area contributed by atoms with Crippen molar-refractivity contribution in [3.05, 3.63) is 45.8 Å².